The van der Waals surface area contributed by atoms with Crippen molar-refractivity contribution in [2.45, 2.75) is 31.7 Å². The largest absolute Gasteiger partial charge is 0.493 e. The molecule has 34 heavy (non-hydrogen) atoms. The number of hydrogen-bond donors (Lipinski definition) is 3. The molecule has 0 aliphatic rings. The molecule has 0 saturated carbocycles. The molecule has 1 unspecified atom stereocenters. The van der Waals surface area contributed by atoms with E-state index in [1.807, 2.05) is 0 Å². The Balaban J connectivity index is 0.0000109. The lowest BCUT2D eigenvalue weighted by Crippen LogP contribution is -2.34. The first kappa shape index (κ1) is 30.4. The van der Waals surface area contributed by atoms with Crippen molar-refractivity contribution < 1.29 is 33.7 Å². The van der Waals surface area contributed by atoms with Gasteiger partial charge in [0.1, 0.15) is 6.04 Å². The summed E-state index contributed by atoms with van der Waals surface area (Å²) in [7, 11) is 1.41. The number of halogens is 1. The van der Waals surface area contributed by atoms with Crippen LogP contribution in [0.25, 0.3) is 6.08 Å². The Morgan fingerprint density at radius 1 is 1.18 bits per heavy atom. The van der Waals surface area contributed by atoms with Gasteiger partial charge in [0.2, 0.25) is 0 Å². The van der Waals surface area contributed by atoms with E-state index in [2.05, 4.69) is 9.83 Å². The zero-order chi connectivity index (χ0) is 24.6. The van der Waals surface area contributed by atoms with E-state index in [1.165, 1.54) is 25.3 Å². The van der Waals surface area contributed by atoms with Crippen molar-refractivity contribution in [2.24, 2.45) is 22.2 Å². The lowest BCUT2D eigenvalue weighted by molar-refractivity contribution is -0.757. The highest BCUT2D eigenvalue weighted by Gasteiger charge is 2.18. The second kappa shape index (κ2) is 17.0. The molecule has 0 fully saturated rings. The van der Waals surface area contributed by atoms with Crippen LogP contribution in [0.3, 0.4) is 0 Å². The van der Waals surface area contributed by atoms with Crippen LogP contribution < -0.4 is 26.7 Å². The molecule has 14 heteroatoms. The van der Waals surface area contributed by atoms with Crippen LogP contribution in [0.15, 0.2) is 29.3 Å². The molecule has 190 valence electrons. The minimum absolute atomic E-state index is 0. The molecular weight excluding hydrogens is 474 g/mol. The number of guanidine groups is 1. The summed E-state index contributed by atoms with van der Waals surface area (Å²) in [6, 6.07) is 3.85. The van der Waals surface area contributed by atoms with Gasteiger partial charge in [0.25, 0.3) is 5.09 Å². The monoisotopic (exact) mass is 503 g/mol. The van der Waals surface area contributed by atoms with E-state index in [1.54, 1.807) is 12.1 Å². The van der Waals surface area contributed by atoms with Crippen LogP contribution in [0, 0.1) is 10.1 Å². The first-order chi connectivity index (χ1) is 15.7. The maximum atomic E-state index is 12.2. The van der Waals surface area contributed by atoms with Gasteiger partial charge < -0.3 is 36.2 Å². The second-order valence-corrected chi connectivity index (χ2v) is 6.65. The van der Waals surface area contributed by atoms with Crippen LogP contribution in [0.1, 0.15) is 31.2 Å². The second-order valence-electron chi connectivity index (χ2n) is 6.65. The smallest absolute Gasteiger partial charge is 0.330 e. The van der Waals surface area contributed by atoms with Crippen molar-refractivity contribution in [3.63, 3.8) is 0 Å². The van der Waals surface area contributed by atoms with Gasteiger partial charge in [-0.3, -0.25) is 4.99 Å². The highest BCUT2D eigenvalue weighted by molar-refractivity contribution is 5.87. The topological polar surface area (TPSA) is 205 Å². The summed E-state index contributed by atoms with van der Waals surface area (Å²) in [6.45, 7) is 0.404. The SMILES string of the molecule is COc1cc(/C=C/C(=O)OCCCCO[N+](=O)[O-])ccc1OC(=O)C(N)CCCN=C(N)N.Cl. The Morgan fingerprint density at radius 3 is 2.53 bits per heavy atom. The van der Waals surface area contributed by atoms with Gasteiger partial charge in [-0.15, -0.1) is 22.5 Å². The summed E-state index contributed by atoms with van der Waals surface area (Å²) in [5, 5.41) is 9.14. The minimum Gasteiger partial charge on any atom is -0.493 e. The maximum absolute atomic E-state index is 12.2. The number of esters is 2. The normalized spacial score (nSPS) is 11.1. The average molecular weight is 504 g/mol. The maximum Gasteiger partial charge on any atom is 0.330 e. The van der Waals surface area contributed by atoms with Crippen LogP contribution in [-0.2, 0) is 19.2 Å². The van der Waals surface area contributed by atoms with E-state index in [4.69, 9.17) is 31.4 Å². The van der Waals surface area contributed by atoms with Gasteiger partial charge in [-0.2, -0.15) is 0 Å². The zero-order valence-electron chi connectivity index (χ0n) is 18.7. The highest BCUT2D eigenvalue weighted by atomic mass is 35.5. The number of nitrogens with zero attached hydrogens (tertiary/aromatic N) is 2. The van der Waals surface area contributed by atoms with E-state index in [0.717, 1.165) is 0 Å². The molecule has 0 amide bonds. The van der Waals surface area contributed by atoms with Crippen LogP contribution in [0.5, 0.6) is 11.5 Å². The van der Waals surface area contributed by atoms with Crippen molar-refractivity contribution >= 4 is 36.4 Å². The van der Waals surface area contributed by atoms with Gasteiger partial charge in [0.05, 0.1) is 20.3 Å². The summed E-state index contributed by atoms with van der Waals surface area (Å²) in [5.74, 6) is -0.783. The number of nitrogens with two attached hydrogens (primary N) is 3. The van der Waals surface area contributed by atoms with Gasteiger partial charge in [0.15, 0.2) is 17.5 Å². The summed E-state index contributed by atoms with van der Waals surface area (Å²) >= 11 is 0. The number of ether oxygens (including phenoxy) is 3. The molecule has 1 atom stereocenters. The Kier molecular flexibility index (Phi) is 15.2. The third-order valence-corrected chi connectivity index (χ3v) is 4.06. The summed E-state index contributed by atoms with van der Waals surface area (Å²) in [5.41, 5.74) is 16.9. The quantitative estimate of drug-likeness (QED) is 0.0448. The van der Waals surface area contributed by atoms with Crippen molar-refractivity contribution in [1.82, 2.24) is 0 Å². The number of rotatable bonds is 15. The molecule has 0 spiro atoms. The fraction of sp³-hybridized carbons (Fsp3) is 0.450. The summed E-state index contributed by atoms with van der Waals surface area (Å²) in [6.07, 6.45) is 4.39. The standard InChI is InChI=1S/C20H29N5O8.ClH/c1-30-17-13-14(7-9-18(26)31-11-2-3-12-32-25(28)29)6-8-16(17)33-19(27)15(21)5-4-10-24-20(22)23;/h6-9,13,15H,2-5,10-12,21H2,1H3,(H4,22,23,24);1H/b9-7+;. The highest BCUT2D eigenvalue weighted by Crippen LogP contribution is 2.29. The average Bonchev–Trinajstić information content (AvgIpc) is 2.77. The first-order valence-corrected chi connectivity index (χ1v) is 10.1. The number of unbranched alkanes of at least 4 members (excludes halogenated alkanes) is 1. The molecule has 0 aliphatic heterocycles. The molecule has 0 bridgehead atoms. The van der Waals surface area contributed by atoms with Crippen LogP contribution >= 0.6 is 12.4 Å². The zero-order valence-corrected chi connectivity index (χ0v) is 19.5. The van der Waals surface area contributed by atoms with Gasteiger partial charge in [-0.05, 0) is 49.5 Å². The van der Waals surface area contributed by atoms with Crippen LogP contribution in [0.2, 0.25) is 0 Å². The fourth-order valence-electron chi connectivity index (χ4n) is 2.42. The lowest BCUT2D eigenvalue weighted by atomic mass is 10.1. The number of hydrogen-bond acceptors (Lipinski definition) is 10. The molecular formula is C20H30ClN5O8. The van der Waals surface area contributed by atoms with E-state index in [0.29, 0.717) is 37.8 Å². The Hall–Kier alpha value is -3.58. The van der Waals surface area contributed by atoms with Crippen molar-refractivity contribution in [1.29, 1.82) is 0 Å². The molecule has 1 rings (SSSR count). The lowest BCUT2D eigenvalue weighted by Gasteiger charge is -2.13. The van der Waals surface area contributed by atoms with Gasteiger partial charge >= 0.3 is 11.9 Å². The Morgan fingerprint density at radius 2 is 1.88 bits per heavy atom. The van der Waals surface area contributed by atoms with E-state index in [-0.39, 0.29) is 43.1 Å². The molecule has 0 saturated heterocycles. The predicted octanol–water partition coefficient (Wildman–Crippen LogP) is 0.948. The summed E-state index contributed by atoms with van der Waals surface area (Å²) < 4.78 is 15.6. The van der Waals surface area contributed by atoms with Crippen molar-refractivity contribution in [2.75, 3.05) is 26.9 Å². The van der Waals surface area contributed by atoms with Gasteiger partial charge in [-0.25, -0.2) is 9.59 Å². The molecule has 0 radical (unpaired) electrons. The molecule has 6 N–H and O–H groups in total. The summed E-state index contributed by atoms with van der Waals surface area (Å²) in [4.78, 5) is 42.0. The van der Waals surface area contributed by atoms with Crippen molar-refractivity contribution in [3.8, 4) is 11.5 Å². The molecule has 0 heterocycles. The molecule has 0 aromatic heterocycles. The number of methoxy groups -OCH3 is 1. The molecule has 1 aromatic rings. The van der Waals surface area contributed by atoms with E-state index >= 15 is 0 Å². The number of carbonyl (C=O) groups is 2. The number of benzene rings is 1. The fourth-order valence-corrected chi connectivity index (χ4v) is 2.42. The van der Waals surface area contributed by atoms with Gasteiger partial charge in [-0.1, -0.05) is 6.07 Å². The molecule has 13 nitrogen and oxygen atoms in total. The van der Waals surface area contributed by atoms with E-state index < -0.39 is 23.1 Å². The third kappa shape index (κ3) is 13.1. The van der Waals surface area contributed by atoms with Crippen LogP contribution in [-0.4, -0.2) is 55.9 Å². The van der Waals surface area contributed by atoms with Gasteiger partial charge in [0, 0.05) is 12.6 Å². The number of aliphatic imine (C=N–C) groups is 1. The Labute approximate surface area is 202 Å². The first-order valence-electron chi connectivity index (χ1n) is 10.1. The molecule has 1 aromatic carbocycles. The van der Waals surface area contributed by atoms with Crippen molar-refractivity contribution in [3.05, 3.63) is 40.0 Å². The molecule has 0 aliphatic carbocycles. The number of carbonyl (C=O) groups excluding carboxylic acids is 2. The Bertz CT molecular complexity index is 861. The minimum atomic E-state index is -0.874. The predicted molar refractivity (Wildman–Crippen MR) is 126 cm³/mol. The third-order valence-electron chi connectivity index (χ3n) is 4.06. The van der Waals surface area contributed by atoms with E-state index in [9.17, 15) is 19.7 Å². The van der Waals surface area contributed by atoms with Crippen LogP contribution in [0.4, 0.5) is 0 Å².